The highest BCUT2D eigenvalue weighted by molar-refractivity contribution is 9.08. The van der Waals surface area contributed by atoms with E-state index in [9.17, 15) is 0 Å². The monoisotopic (exact) mass is 308 g/mol. The summed E-state index contributed by atoms with van der Waals surface area (Å²) < 4.78 is 7.74. The summed E-state index contributed by atoms with van der Waals surface area (Å²) in [5.74, 6) is 1.67. The van der Waals surface area contributed by atoms with Crippen molar-refractivity contribution in [2.45, 2.75) is 32.1 Å². The summed E-state index contributed by atoms with van der Waals surface area (Å²) in [6.45, 7) is 5.11. The number of ether oxygens (including phenoxy) is 1. The highest BCUT2D eigenvalue weighted by Crippen LogP contribution is 2.26. The van der Waals surface area contributed by atoms with Crippen LogP contribution in [-0.2, 0) is 11.9 Å². The minimum Gasteiger partial charge on any atom is -0.454 e. The lowest BCUT2D eigenvalue weighted by Crippen LogP contribution is -1.95. The van der Waals surface area contributed by atoms with Crippen LogP contribution in [0.3, 0.4) is 0 Å². The first-order valence-corrected chi connectivity index (χ1v) is 7.21. The fraction of sp³-hybridized carbons (Fsp3) is 0.357. The number of aromatic nitrogens is 2. The molecular weight excluding hydrogens is 292 g/mol. The Morgan fingerprint density at radius 2 is 2.22 bits per heavy atom. The van der Waals surface area contributed by atoms with E-state index in [1.54, 1.807) is 6.20 Å². The molecule has 0 aliphatic carbocycles. The zero-order valence-electron chi connectivity index (χ0n) is 10.7. The molecule has 0 saturated heterocycles. The summed E-state index contributed by atoms with van der Waals surface area (Å²) in [4.78, 5) is 0. The molecule has 96 valence electrons. The molecule has 3 nitrogen and oxygen atoms in total. The largest absolute Gasteiger partial charge is 0.454 e. The van der Waals surface area contributed by atoms with Crippen molar-refractivity contribution in [2.75, 3.05) is 0 Å². The number of hydrogen-bond donors (Lipinski definition) is 0. The minimum atomic E-state index is 0.790. The van der Waals surface area contributed by atoms with E-state index in [4.69, 9.17) is 4.74 Å². The second-order valence-corrected chi connectivity index (χ2v) is 4.84. The van der Waals surface area contributed by atoms with Gasteiger partial charge in [-0.15, -0.1) is 0 Å². The maximum absolute atomic E-state index is 5.84. The zero-order valence-corrected chi connectivity index (χ0v) is 12.3. The van der Waals surface area contributed by atoms with E-state index in [2.05, 4.69) is 47.0 Å². The topological polar surface area (TPSA) is 27.1 Å². The number of hydrogen-bond acceptors (Lipinski definition) is 2. The van der Waals surface area contributed by atoms with Crippen LogP contribution in [0.5, 0.6) is 11.5 Å². The standard InChI is InChI=1S/C14H17BrN2O/c1-3-6-17-10-13(9-16-17)18-14-5-4-12(8-15)7-11(14)2/h4-5,7,9-10H,3,6,8H2,1-2H3. The van der Waals surface area contributed by atoms with Gasteiger partial charge in [-0.25, -0.2) is 0 Å². The van der Waals surface area contributed by atoms with Crippen LogP contribution in [0.25, 0.3) is 0 Å². The number of alkyl halides is 1. The normalized spacial score (nSPS) is 10.6. The molecule has 0 amide bonds. The third kappa shape index (κ3) is 3.13. The Morgan fingerprint density at radius 1 is 1.39 bits per heavy atom. The molecule has 0 radical (unpaired) electrons. The van der Waals surface area contributed by atoms with E-state index in [1.165, 1.54) is 5.56 Å². The first-order chi connectivity index (χ1) is 8.72. The van der Waals surface area contributed by atoms with Gasteiger partial charge in [0.1, 0.15) is 5.75 Å². The second-order valence-electron chi connectivity index (χ2n) is 4.27. The smallest absolute Gasteiger partial charge is 0.165 e. The van der Waals surface area contributed by atoms with Gasteiger partial charge in [-0.3, -0.25) is 4.68 Å². The molecule has 2 rings (SSSR count). The summed E-state index contributed by atoms with van der Waals surface area (Å²) >= 11 is 3.45. The van der Waals surface area contributed by atoms with E-state index < -0.39 is 0 Å². The third-order valence-electron chi connectivity index (χ3n) is 2.68. The van der Waals surface area contributed by atoms with Crippen LogP contribution < -0.4 is 4.74 Å². The molecule has 0 aliphatic rings. The number of rotatable bonds is 5. The van der Waals surface area contributed by atoms with E-state index in [0.29, 0.717) is 0 Å². The molecule has 4 heteroatoms. The van der Waals surface area contributed by atoms with Gasteiger partial charge < -0.3 is 4.74 Å². The Bertz CT molecular complexity index is 522. The molecule has 0 N–H and O–H groups in total. The molecule has 0 spiro atoms. The summed E-state index contributed by atoms with van der Waals surface area (Å²) in [6.07, 6.45) is 4.76. The van der Waals surface area contributed by atoms with Crippen LogP contribution in [0.4, 0.5) is 0 Å². The average molecular weight is 309 g/mol. The molecular formula is C14H17BrN2O. The Labute approximate surface area is 116 Å². The lowest BCUT2D eigenvalue weighted by molar-refractivity contribution is 0.476. The van der Waals surface area contributed by atoms with Gasteiger partial charge in [0.05, 0.1) is 12.4 Å². The fourth-order valence-corrected chi connectivity index (χ4v) is 2.13. The molecule has 0 bridgehead atoms. The molecule has 0 saturated carbocycles. The molecule has 0 unspecified atom stereocenters. The van der Waals surface area contributed by atoms with Crippen molar-refractivity contribution in [3.05, 3.63) is 41.7 Å². The van der Waals surface area contributed by atoms with Crippen molar-refractivity contribution in [2.24, 2.45) is 0 Å². The maximum atomic E-state index is 5.84. The Balaban J connectivity index is 2.12. The van der Waals surface area contributed by atoms with Gasteiger partial charge in [-0.2, -0.15) is 5.10 Å². The van der Waals surface area contributed by atoms with Gasteiger partial charge in [0.2, 0.25) is 0 Å². The molecule has 0 fully saturated rings. The average Bonchev–Trinajstić information content (AvgIpc) is 2.80. The summed E-state index contributed by atoms with van der Waals surface area (Å²) in [5.41, 5.74) is 2.39. The Hall–Kier alpha value is -1.29. The van der Waals surface area contributed by atoms with Crippen molar-refractivity contribution in [1.82, 2.24) is 9.78 Å². The number of halogens is 1. The molecule has 1 aromatic heterocycles. The number of aryl methyl sites for hydroxylation is 2. The second kappa shape index (κ2) is 6.05. The maximum Gasteiger partial charge on any atom is 0.165 e. The van der Waals surface area contributed by atoms with Crippen molar-refractivity contribution in [3.63, 3.8) is 0 Å². The van der Waals surface area contributed by atoms with E-state index in [-0.39, 0.29) is 0 Å². The summed E-state index contributed by atoms with van der Waals surface area (Å²) in [5, 5.41) is 5.11. The van der Waals surface area contributed by atoms with Crippen LogP contribution >= 0.6 is 15.9 Å². The molecule has 1 heterocycles. The van der Waals surface area contributed by atoms with Crippen molar-refractivity contribution in [3.8, 4) is 11.5 Å². The van der Waals surface area contributed by atoms with E-state index in [1.807, 2.05) is 16.9 Å². The molecule has 18 heavy (non-hydrogen) atoms. The highest BCUT2D eigenvalue weighted by atomic mass is 79.9. The van der Waals surface area contributed by atoms with Gasteiger partial charge in [0.25, 0.3) is 0 Å². The van der Waals surface area contributed by atoms with Crippen molar-refractivity contribution in [1.29, 1.82) is 0 Å². The molecule has 2 aromatic rings. The zero-order chi connectivity index (χ0) is 13.0. The van der Waals surface area contributed by atoms with E-state index >= 15 is 0 Å². The van der Waals surface area contributed by atoms with Crippen molar-refractivity contribution >= 4 is 15.9 Å². The van der Waals surface area contributed by atoms with Crippen molar-refractivity contribution < 1.29 is 4.74 Å². The predicted molar refractivity (Wildman–Crippen MR) is 76.4 cm³/mol. The lowest BCUT2D eigenvalue weighted by atomic mass is 10.1. The van der Waals surface area contributed by atoms with Gasteiger partial charge in [0.15, 0.2) is 5.75 Å². The Kier molecular flexibility index (Phi) is 4.42. The summed E-state index contributed by atoms with van der Waals surface area (Å²) in [6, 6.07) is 6.19. The quantitative estimate of drug-likeness (QED) is 0.770. The third-order valence-corrected chi connectivity index (χ3v) is 3.33. The first kappa shape index (κ1) is 13.1. The first-order valence-electron chi connectivity index (χ1n) is 6.08. The molecule has 1 aromatic carbocycles. The van der Waals surface area contributed by atoms with Crippen LogP contribution in [0.1, 0.15) is 24.5 Å². The Morgan fingerprint density at radius 3 is 2.89 bits per heavy atom. The molecule has 0 atom stereocenters. The van der Waals surface area contributed by atoms with Gasteiger partial charge in [-0.1, -0.05) is 35.0 Å². The SMILES string of the molecule is CCCn1cc(Oc2ccc(CBr)cc2C)cn1. The predicted octanol–water partition coefficient (Wildman–Crippen LogP) is 4.29. The minimum absolute atomic E-state index is 0.790. The highest BCUT2D eigenvalue weighted by Gasteiger charge is 2.04. The van der Waals surface area contributed by atoms with Crippen LogP contribution in [0, 0.1) is 6.92 Å². The summed E-state index contributed by atoms with van der Waals surface area (Å²) in [7, 11) is 0. The molecule has 0 aliphatic heterocycles. The van der Waals surface area contributed by atoms with Gasteiger partial charge in [-0.05, 0) is 30.5 Å². The number of nitrogens with zero attached hydrogens (tertiary/aromatic N) is 2. The van der Waals surface area contributed by atoms with Gasteiger partial charge >= 0.3 is 0 Å². The number of benzene rings is 1. The van der Waals surface area contributed by atoms with Crippen LogP contribution in [0.15, 0.2) is 30.6 Å². The van der Waals surface area contributed by atoms with Crippen LogP contribution in [0.2, 0.25) is 0 Å². The van der Waals surface area contributed by atoms with E-state index in [0.717, 1.165) is 35.4 Å². The lowest BCUT2D eigenvalue weighted by Gasteiger charge is -2.07. The van der Waals surface area contributed by atoms with Crippen LogP contribution in [-0.4, -0.2) is 9.78 Å². The fourth-order valence-electron chi connectivity index (χ4n) is 1.78. The van der Waals surface area contributed by atoms with Gasteiger partial charge in [0, 0.05) is 11.9 Å².